The van der Waals surface area contributed by atoms with Crippen molar-refractivity contribution in [3.63, 3.8) is 0 Å². The van der Waals surface area contributed by atoms with Crippen molar-refractivity contribution < 1.29 is 9.72 Å². The Morgan fingerprint density at radius 3 is 2.95 bits per heavy atom. The van der Waals surface area contributed by atoms with Crippen LogP contribution in [0.3, 0.4) is 0 Å². The van der Waals surface area contributed by atoms with Gasteiger partial charge < -0.3 is 16.0 Å². The molecule has 0 bridgehead atoms. The van der Waals surface area contributed by atoms with Gasteiger partial charge in [0.2, 0.25) is 0 Å². The van der Waals surface area contributed by atoms with E-state index in [0.717, 1.165) is 12.8 Å². The highest BCUT2D eigenvalue weighted by Crippen LogP contribution is 2.16. The zero-order chi connectivity index (χ0) is 13.8. The van der Waals surface area contributed by atoms with E-state index >= 15 is 0 Å². The molecular formula is C11H15N5O3. The van der Waals surface area contributed by atoms with Crippen LogP contribution in [0.4, 0.5) is 16.3 Å². The average molecular weight is 265 g/mol. The van der Waals surface area contributed by atoms with Crippen molar-refractivity contribution in [1.29, 1.82) is 0 Å². The molecule has 0 radical (unpaired) electrons. The van der Waals surface area contributed by atoms with Crippen LogP contribution in [0.15, 0.2) is 18.3 Å². The van der Waals surface area contributed by atoms with Crippen LogP contribution >= 0.6 is 0 Å². The van der Waals surface area contributed by atoms with Crippen molar-refractivity contribution in [2.24, 2.45) is 5.73 Å². The Morgan fingerprint density at radius 1 is 1.58 bits per heavy atom. The van der Waals surface area contributed by atoms with Gasteiger partial charge in [0.25, 0.3) is 5.69 Å². The Hall–Kier alpha value is -2.38. The number of piperidine rings is 1. The number of hydrogen-bond donors (Lipinski definition) is 2. The van der Waals surface area contributed by atoms with Gasteiger partial charge in [-0.25, -0.2) is 9.78 Å². The van der Waals surface area contributed by atoms with Crippen LogP contribution in [0.1, 0.15) is 12.8 Å². The van der Waals surface area contributed by atoms with E-state index < -0.39 is 11.0 Å². The number of likely N-dealkylation sites (tertiary alicyclic amines) is 1. The second-order valence-corrected chi connectivity index (χ2v) is 4.43. The first kappa shape index (κ1) is 13.1. The van der Waals surface area contributed by atoms with Crippen molar-refractivity contribution in [2.45, 2.75) is 18.9 Å². The van der Waals surface area contributed by atoms with E-state index in [1.807, 2.05) is 0 Å². The molecule has 2 heterocycles. The number of carbonyl (C=O) groups is 1. The lowest BCUT2D eigenvalue weighted by molar-refractivity contribution is -0.385. The zero-order valence-corrected chi connectivity index (χ0v) is 10.3. The Kier molecular flexibility index (Phi) is 3.79. The van der Waals surface area contributed by atoms with Crippen LogP contribution in [-0.4, -0.2) is 40.0 Å². The molecular weight excluding hydrogens is 250 g/mol. The SMILES string of the molecule is NC(=O)N1CCC[C@H](Nc2ccc([N+](=O)[O-])cn2)C1. The van der Waals surface area contributed by atoms with Gasteiger partial charge in [-0.15, -0.1) is 0 Å². The van der Waals surface area contributed by atoms with E-state index in [2.05, 4.69) is 10.3 Å². The smallest absolute Gasteiger partial charge is 0.314 e. The van der Waals surface area contributed by atoms with E-state index in [-0.39, 0.29) is 11.7 Å². The summed E-state index contributed by atoms with van der Waals surface area (Å²) >= 11 is 0. The van der Waals surface area contributed by atoms with Gasteiger partial charge in [0.15, 0.2) is 0 Å². The lowest BCUT2D eigenvalue weighted by Crippen LogP contribution is -2.47. The van der Waals surface area contributed by atoms with Crippen LogP contribution in [0.2, 0.25) is 0 Å². The molecule has 8 nitrogen and oxygen atoms in total. The molecule has 1 fully saturated rings. The van der Waals surface area contributed by atoms with Gasteiger partial charge in [-0.1, -0.05) is 0 Å². The Balaban J connectivity index is 1.96. The third-order valence-corrected chi connectivity index (χ3v) is 3.04. The summed E-state index contributed by atoms with van der Waals surface area (Å²) in [5.74, 6) is 0.557. The van der Waals surface area contributed by atoms with Crippen LogP contribution in [0, 0.1) is 10.1 Å². The lowest BCUT2D eigenvalue weighted by Gasteiger charge is -2.32. The molecule has 1 saturated heterocycles. The van der Waals surface area contributed by atoms with Crippen LogP contribution in [-0.2, 0) is 0 Å². The molecule has 2 rings (SSSR count). The molecule has 1 aliphatic rings. The van der Waals surface area contributed by atoms with Crippen LogP contribution < -0.4 is 11.1 Å². The third-order valence-electron chi connectivity index (χ3n) is 3.04. The van der Waals surface area contributed by atoms with Crippen LogP contribution in [0.5, 0.6) is 0 Å². The van der Waals surface area contributed by atoms with Gasteiger partial charge >= 0.3 is 6.03 Å². The van der Waals surface area contributed by atoms with Crippen molar-refractivity contribution in [2.75, 3.05) is 18.4 Å². The van der Waals surface area contributed by atoms with Gasteiger partial charge in [0.1, 0.15) is 12.0 Å². The molecule has 0 aromatic carbocycles. The maximum atomic E-state index is 11.1. The quantitative estimate of drug-likeness (QED) is 0.623. The summed E-state index contributed by atoms with van der Waals surface area (Å²) in [6.45, 7) is 1.19. The summed E-state index contributed by atoms with van der Waals surface area (Å²) in [5.41, 5.74) is 5.20. The van der Waals surface area contributed by atoms with Gasteiger partial charge in [-0.05, 0) is 18.9 Å². The molecule has 0 spiro atoms. The minimum absolute atomic E-state index is 0.0482. The monoisotopic (exact) mass is 265 g/mol. The number of hydrogen-bond acceptors (Lipinski definition) is 5. The highest BCUT2D eigenvalue weighted by molar-refractivity contribution is 5.72. The zero-order valence-electron chi connectivity index (χ0n) is 10.3. The minimum Gasteiger partial charge on any atom is -0.366 e. The number of nitrogens with zero attached hydrogens (tertiary/aromatic N) is 3. The van der Waals surface area contributed by atoms with Gasteiger partial charge in [0.05, 0.1) is 4.92 Å². The Bertz CT molecular complexity index is 476. The number of pyridine rings is 1. The molecule has 8 heteroatoms. The molecule has 1 aromatic heterocycles. The van der Waals surface area contributed by atoms with Gasteiger partial charge in [0, 0.05) is 25.2 Å². The highest BCUT2D eigenvalue weighted by atomic mass is 16.6. The normalized spacial score (nSPS) is 18.9. The number of aromatic nitrogens is 1. The molecule has 19 heavy (non-hydrogen) atoms. The number of amides is 2. The summed E-state index contributed by atoms with van der Waals surface area (Å²) in [4.78, 5) is 26.7. The Morgan fingerprint density at radius 2 is 2.37 bits per heavy atom. The summed E-state index contributed by atoms with van der Waals surface area (Å²) < 4.78 is 0. The number of primary amides is 1. The topological polar surface area (TPSA) is 114 Å². The van der Waals surface area contributed by atoms with Gasteiger partial charge in [-0.3, -0.25) is 10.1 Å². The molecule has 3 N–H and O–H groups in total. The van der Waals surface area contributed by atoms with Crippen molar-refractivity contribution in [1.82, 2.24) is 9.88 Å². The van der Waals surface area contributed by atoms with E-state index in [1.54, 1.807) is 11.0 Å². The largest absolute Gasteiger partial charge is 0.366 e. The predicted octanol–water partition coefficient (Wildman–Crippen LogP) is 0.945. The van der Waals surface area contributed by atoms with E-state index in [0.29, 0.717) is 18.9 Å². The van der Waals surface area contributed by atoms with Gasteiger partial charge in [-0.2, -0.15) is 0 Å². The third kappa shape index (κ3) is 3.30. The highest BCUT2D eigenvalue weighted by Gasteiger charge is 2.22. The number of nitrogens with two attached hydrogens (primary N) is 1. The number of nitrogens with one attached hydrogen (secondary N) is 1. The summed E-state index contributed by atoms with van der Waals surface area (Å²) in [5, 5.41) is 13.7. The summed E-state index contributed by atoms with van der Waals surface area (Å²) in [6.07, 6.45) is 2.98. The molecule has 0 saturated carbocycles. The van der Waals surface area contributed by atoms with Crippen LogP contribution in [0.25, 0.3) is 0 Å². The second-order valence-electron chi connectivity index (χ2n) is 4.43. The fraction of sp³-hybridized carbons (Fsp3) is 0.455. The molecule has 1 atom stereocenters. The van der Waals surface area contributed by atoms with Crippen molar-refractivity contribution in [3.8, 4) is 0 Å². The first-order valence-corrected chi connectivity index (χ1v) is 5.97. The lowest BCUT2D eigenvalue weighted by atomic mass is 10.1. The molecule has 0 aliphatic carbocycles. The number of urea groups is 1. The van der Waals surface area contributed by atoms with E-state index in [1.165, 1.54) is 12.3 Å². The second kappa shape index (κ2) is 5.51. The summed E-state index contributed by atoms with van der Waals surface area (Å²) in [7, 11) is 0. The summed E-state index contributed by atoms with van der Waals surface area (Å²) in [6, 6.07) is 2.59. The number of anilines is 1. The first-order chi connectivity index (χ1) is 9.06. The molecule has 0 unspecified atom stereocenters. The maximum Gasteiger partial charge on any atom is 0.314 e. The fourth-order valence-corrected chi connectivity index (χ4v) is 2.08. The average Bonchev–Trinajstić information content (AvgIpc) is 2.39. The number of nitro groups is 1. The molecule has 102 valence electrons. The fourth-order valence-electron chi connectivity index (χ4n) is 2.08. The first-order valence-electron chi connectivity index (χ1n) is 5.97. The van der Waals surface area contributed by atoms with E-state index in [4.69, 9.17) is 5.73 Å². The Labute approximate surface area is 109 Å². The minimum atomic E-state index is -0.494. The van der Waals surface area contributed by atoms with Crippen molar-refractivity contribution in [3.05, 3.63) is 28.4 Å². The standard InChI is InChI=1S/C11H15N5O3/c12-11(17)15-5-1-2-8(7-15)14-10-4-3-9(6-13-10)16(18)19/h3-4,6,8H,1-2,5,7H2,(H2,12,17)(H,13,14)/t8-/m0/s1. The van der Waals surface area contributed by atoms with E-state index in [9.17, 15) is 14.9 Å². The van der Waals surface area contributed by atoms with Crippen molar-refractivity contribution >= 4 is 17.5 Å². The predicted molar refractivity (Wildman–Crippen MR) is 68.7 cm³/mol. The molecule has 1 aliphatic heterocycles. The maximum absolute atomic E-state index is 11.1. The molecule has 1 aromatic rings. The number of rotatable bonds is 3. The molecule has 2 amide bonds. The number of carbonyl (C=O) groups excluding carboxylic acids is 1.